The van der Waals surface area contributed by atoms with Crippen molar-refractivity contribution in [1.29, 1.82) is 0 Å². The van der Waals surface area contributed by atoms with E-state index >= 15 is 0 Å². The molecule has 4 aromatic carbocycles. The zero-order valence-electron chi connectivity index (χ0n) is 16.8. The summed E-state index contributed by atoms with van der Waals surface area (Å²) in [5.74, 6) is 0. The standard InChI is InChI=1S/2C12H11O2P.Mg/c2*13-15(14,11-7-3-1-4-8-11)12-9-5-2-6-10-12;/h2*1-10H,(H,13,14);/q;;+2/p-2. The summed E-state index contributed by atoms with van der Waals surface area (Å²) in [5, 5.41) is 1.43. The molecule has 4 aromatic rings. The van der Waals surface area contributed by atoms with E-state index in [-0.39, 0.29) is 23.1 Å². The summed E-state index contributed by atoms with van der Waals surface area (Å²) in [5.41, 5.74) is 0. The molecule has 4 nitrogen and oxygen atoms in total. The van der Waals surface area contributed by atoms with Gasteiger partial charge in [0.2, 0.25) is 0 Å². The molecule has 0 bridgehead atoms. The number of hydrogen-bond acceptors (Lipinski definition) is 4. The van der Waals surface area contributed by atoms with Crippen LogP contribution in [-0.2, 0) is 9.13 Å². The number of rotatable bonds is 4. The van der Waals surface area contributed by atoms with Crippen molar-refractivity contribution in [3.8, 4) is 0 Å². The third kappa shape index (κ3) is 6.50. The maximum absolute atomic E-state index is 12.1. The van der Waals surface area contributed by atoms with Crippen LogP contribution in [0.1, 0.15) is 0 Å². The van der Waals surface area contributed by atoms with E-state index < -0.39 is 14.7 Å². The van der Waals surface area contributed by atoms with E-state index in [1.54, 1.807) is 121 Å². The minimum absolute atomic E-state index is 0. The first-order chi connectivity index (χ1) is 14.4. The van der Waals surface area contributed by atoms with Gasteiger partial charge in [-0.25, -0.2) is 0 Å². The van der Waals surface area contributed by atoms with E-state index in [1.807, 2.05) is 0 Å². The summed E-state index contributed by atoms with van der Waals surface area (Å²) < 4.78 is 24.1. The fourth-order valence-corrected chi connectivity index (χ4v) is 5.65. The molecule has 0 spiro atoms. The summed E-state index contributed by atoms with van der Waals surface area (Å²) in [6.45, 7) is 0. The maximum atomic E-state index is 12.1. The topological polar surface area (TPSA) is 80.3 Å². The van der Waals surface area contributed by atoms with E-state index in [0.29, 0.717) is 21.2 Å². The van der Waals surface area contributed by atoms with Crippen LogP contribution in [-0.4, -0.2) is 23.1 Å². The first-order valence-corrected chi connectivity index (χ1v) is 12.5. The molecule has 7 heteroatoms. The summed E-state index contributed by atoms with van der Waals surface area (Å²) >= 11 is 0. The molecule has 4 rings (SSSR count). The molecule has 0 heterocycles. The minimum Gasteiger partial charge on any atom is -0.793 e. The molecule has 0 aliphatic heterocycles. The normalized spacial score (nSPS) is 10.9. The van der Waals surface area contributed by atoms with Crippen LogP contribution >= 0.6 is 14.7 Å². The van der Waals surface area contributed by atoms with Gasteiger partial charge in [-0.1, -0.05) is 121 Å². The quantitative estimate of drug-likeness (QED) is 0.347. The molecule has 0 N–H and O–H groups in total. The first-order valence-electron chi connectivity index (χ1n) is 9.27. The van der Waals surface area contributed by atoms with Crippen LogP contribution in [0, 0.1) is 0 Å². The smallest absolute Gasteiger partial charge is 0.793 e. The van der Waals surface area contributed by atoms with Gasteiger partial charge in [0.05, 0.1) is 14.7 Å². The molecule has 0 aromatic heterocycles. The van der Waals surface area contributed by atoms with Crippen molar-refractivity contribution >= 4 is 59.0 Å². The Bertz CT molecular complexity index is 973. The molecular formula is C24H20MgO4P2. The first kappa shape index (κ1) is 25.3. The molecule has 0 atom stereocenters. The predicted molar refractivity (Wildman–Crippen MR) is 125 cm³/mol. The van der Waals surface area contributed by atoms with E-state index in [9.17, 15) is 18.9 Å². The fraction of sp³-hybridized carbons (Fsp3) is 0. The molecule has 0 radical (unpaired) electrons. The molecule has 0 unspecified atom stereocenters. The van der Waals surface area contributed by atoms with Gasteiger partial charge in [0.25, 0.3) is 0 Å². The van der Waals surface area contributed by atoms with Crippen molar-refractivity contribution in [3.05, 3.63) is 121 Å². The van der Waals surface area contributed by atoms with Crippen LogP contribution in [0.25, 0.3) is 0 Å². The second-order valence-corrected chi connectivity index (χ2v) is 10.7. The SMILES string of the molecule is O=P([O-])(c1ccccc1)c1ccccc1.O=P([O-])(c1ccccc1)c1ccccc1.[Mg+2]. The van der Waals surface area contributed by atoms with Gasteiger partial charge >= 0.3 is 23.1 Å². The largest absolute Gasteiger partial charge is 2.00 e. The summed E-state index contributed by atoms with van der Waals surface area (Å²) in [4.78, 5) is 24.1. The molecule has 0 aliphatic rings. The zero-order valence-corrected chi connectivity index (χ0v) is 20.0. The molecule has 0 saturated carbocycles. The van der Waals surface area contributed by atoms with Gasteiger partial charge in [-0.3, -0.25) is 0 Å². The summed E-state index contributed by atoms with van der Waals surface area (Å²) in [7, 11) is -7.29. The van der Waals surface area contributed by atoms with E-state index in [0.717, 1.165) is 0 Å². The van der Waals surface area contributed by atoms with Crippen molar-refractivity contribution in [1.82, 2.24) is 0 Å². The van der Waals surface area contributed by atoms with Crippen molar-refractivity contribution in [2.45, 2.75) is 0 Å². The van der Waals surface area contributed by atoms with Crippen LogP contribution < -0.4 is 31.0 Å². The fourth-order valence-electron chi connectivity index (χ4n) is 2.80. The molecule has 31 heavy (non-hydrogen) atoms. The van der Waals surface area contributed by atoms with Gasteiger partial charge in [0.1, 0.15) is 0 Å². The third-order valence-corrected chi connectivity index (χ3v) is 8.30. The van der Waals surface area contributed by atoms with Crippen molar-refractivity contribution in [3.63, 3.8) is 0 Å². The molecule has 0 saturated heterocycles. The number of benzene rings is 4. The molecular weight excluding hydrogens is 439 g/mol. The van der Waals surface area contributed by atoms with Gasteiger partial charge in [0, 0.05) is 21.2 Å². The van der Waals surface area contributed by atoms with Crippen LogP contribution in [0.15, 0.2) is 121 Å². The van der Waals surface area contributed by atoms with Gasteiger partial charge in [-0.15, -0.1) is 0 Å². The predicted octanol–water partition coefficient (Wildman–Crippen LogP) is 2.17. The minimum atomic E-state index is -3.65. The average molecular weight is 459 g/mol. The second-order valence-electron chi connectivity index (χ2n) is 6.45. The Morgan fingerprint density at radius 2 is 0.548 bits per heavy atom. The Labute approximate surface area is 198 Å². The average Bonchev–Trinajstić information content (AvgIpc) is 2.82. The van der Waals surface area contributed by atoms with Gasteiger partial charge in [0.15, 0.2) is 0 Å². The summed E-state index contributed by atoms with van der Waals surface area (Å²) in [6.07, 6.45) is 0. The Morgan fingerprint density at radius 1 is 0.387 bits per heavy atom. The number of hydrogen-bond donors (Lipinski definition) is 0. The van der Waals surface area contributed by atoms with Gasteiger partial charge < -0.3 is 18.9 Å². The summed E-state index contributed by atoms with van der Waals surface area (Å²) in [6, 6.07) is 33.9. The Hall–Kier alpha value is -1.97. The maximum Gasteiger partial charge on any atom is 2.00 e. The van der Waals surface area contributed by atoms with Crippen LogP contribution in [0.3, 0.4) is 0 Å². The zero-order chi connectivity index (χ0) is 21.5. The van der Waals surface area contributed by atoms with Crippen LogP contribution in [0.2, 0.25) is 0 Å². The van der Waals surface area contributed by atoms with Crippen molar-refractivity contribution in [2.24, 2.45) is 0 Å². The monoisotopic (exact) mass is 458 g/mol. The molecule has 0 aliphatic carbocycles. The second kappa shape index (κ2) is 11.6. The Morgan fingerprint density at radius 3 is 0.710 bits per heavy atom. The molecule has 0 amide bonds. The van der Waals surface area contributed by atoms with Crippen molar-refractivity contribution < 1.29 is 18.9 Å². The Balaban J connectivity index is 0.000000213. The van der Waals surface area contributed by atoms with Gasteiger partial charge in [-0.2, -0.15) is 0 Å². The van der Waals surface area contributed by atoms with E-state index in [1.165, 1.54) is 0 Å². The Kier molecular flexibility index (Phi) is 9.45. The van der Waals surface area contributed by atoms with E-state index in [2.05, 4.69) is 0 Å². The van der Waals surface area contributed by atoms with Crippen LogP contribution in [0.5, 0.6) is 0 Å². The third-order valence-electron chi connectivity index (χ3n) is 4.38. The van der Waals surface area contributed by atoms with Crippen LogP contribution in [0.4, 0.5) is 0 Å². The van der Waals surface area contributed by atoms with E-state index in [4.69, 9.17) is 0 Å². The molecule has 152 valence electrons. The molecule has 0 fully saturated rings. The van der Waals surface area contributed by atoms with Gasteiger partial charge in [-0.05, 0) is 0 Å². The van der Waals surface area contributed by atoms with Crippen molar-refractivity contribution in [2.75, 3.05) is 0 Å².